The second kappa shape index (κ2) is 10.6. The molecule has 10 heteroatoms. The van der Waals surface area contributed by atoms with E-state index >= 15 is 0 Å². The van der Waals surface area contributed by atoms with Crippen LogP contribution in [0.1, 0.15) is 22.6 Å². The fraction of sp³-hybridized carbons (Fsp3) is 0.520. The van der Waals surface area contributed by atoms with Crippen molar-refractivity contribution in [3.63, 3.8) is 0 Å². The first-order valence-corrected chi connectivity index (χ1v) is 11.4. The van der Waals surface area contributed by atoms with Crippen molar-refractivity contribution in [1.82, 2.24) is 0 Å². The molecule has 1 fully saturated rings. The number of ether oxygens (including phenoxy) is 4. The van der Waals surface area contributed by atoms with Crippen LogP contribution in [-0.4, -0.2) is 89.3 Å². The summed E-state index contributed by atoms with van der Waals surface area (Å²) in [5, 5.41) is 60.9. The SMILES string of the molecule is COc1cc([C@@H]2c3cc(O)c(OC)cc3C[C@@H](CO)[C@@H]2CO[C@@H]2OC[C@@H](O)[C@H](O)[C@H]2O)ccc1O. The standard InChI is InChI=1S/C25H32O10/c1-32-20-6-12(3-4-17(20)27)22-15-8-18(28)21(33-2)7-13(15)5-14(9-26)16(22)10-34-25-24(31)23(30)19(29)11-35-25/h3-4,6-8,14,16,19,22-31H,5,9-11H2,1-2H3/t14-,16-,19+,22+,23-,24+,25+/m0/s1. The Hall–Kier alpha value is -2.60. The van der Waals surface area contributed by atoms with Gasteiger partial charge in [-0.25, -0.2) is 0 Å². The summed E-state index contributed by atoms with van der Waals surface area (Å²) in [6, 6.07) is 8.34. The number of fused-ring (bicyclic) bond motifs is 1. The highest BCUT2D eigenvalue weighted by molar-refractivity contribution is 5.53. The third kappa shape index (κ3) is 4.90. The van der Waals surface area contributed by atoms with Crippen molar-refractivity contribution in [3.8, 4) is 23.0 Å². The summed E-state index contributed by atoms with van der Waals surface area (Å²) in [5.74, 6) is -0.459. The Labute approximate surface area is 202 Å². The lowest BCUT2D eigenvalue weighted by Crippen LogP contribution is -2.54. The molecule has 0 spiro atoms. The van der Waals surface area contributed by atoms with Crippen LogP contribution in [0.3, 0.4) is 0 Å². The zero-order valence-corrected chi connectivity index (χ0v) is 19.6. The maximum Gasteiger partial charge on any atom is 0.186 e. The number of phenolic OH excluding ortho intramolecular Hbond substituents is 2. The predicted molar refractivity (Wildman–Crippen MR) is 123 cm³/mol. The molecular weight excluding hydrogens is 460 g/mol. The number of aliphatic hydroxyl groups excluding tert-OH is 4. The monoisotopic (exact) mass is 492 g/mol. The fourth-order valence-electron chi connectivity index (χ4n) is 5.07. The van der Waals surface area contributed by atoms with Gasteiger partial charge in [-0.05, 0) is 59.2 Å². The van der Waals surface area contributed by atoms with E-state index in [2.05, 4.69) is 0 Å². The largest absolute Gasteiger partial charge is 0.504 e. The fourth-order valence-corrected chi connectivity index (χ4v) is 5.07. The molecule has 0 aromatic heterocycles. The summed E-state index contributed by atoms with van der Waals surface area (Å²) in [6.45, 7) is -0.306. The van der Waals surface area contributed by atoms with Crippen molar-refractivity contribution >= 4 is 0 Å². The van der Waals surface area contributed by atoms with Crippen LogP contribution in [0.5, 0.6) is 23.0 Å². The van der Waals surface area contributed by atoms with E-state index in [1.54, 1.807) is 24.3 Å². The second-order valence-electron chi connectivity index (χ2n) is 9.03. The third-order valence-electron chi connectivity index (χ3n) is 7.00. The molecule has 7 atom stereocenters. The minimum atomic E-state index is -1.44. The molecule has 2 aromatic rings. The average molecular weight is 493 g/mol. The molecule has 6 N–H and O–H groups in total. The summed E-state index contributed by atoms with van der Waals surface area (Å²) in [4.78, 5) is 0. The molecule has 0 amide bonds. The van der Waals surface area contributed by atoms with E-state index in [-0.39, 0.29) is 48.9 Å². The lowest BCUT2D eigenvalue weighted by Gasteiger charge is -2.41. The predicted octanol–water partition coefficient (Wildman–Crippen LogP) is 0.483. The molecule has 2 aromatic carbocycles. The summed E-state index contributed by atoms with van der Waals surface area (Å²) in [5.41, 5.74) is 2.45. The van der Waals surface area contributed by atoms with E-state index in [1.807, 2.05) is 0 Å². The van der Waals surface area contributed by atoms with Crippen LogP contribution < -0.4 is 9.47 Å². The maximum absolute atomic E-state index is 10.5. The topological polar surface area (TPSA) is 158 Å². The highest BCUT2D eigenvalue weighted by atomic mass is 16.7. The number of aliphatic hydroxyl groups is 4. The van der Waals surface area contributed by atoms with Crippen LogP contribution in [0.4, 0.5) is 0 Å². The lowest BCUT2D eigenvalue weighted by atomic mass is 9.67. The Morgan fingerprint density at radius 1 is 0.943 bits per heavy atom. The third-order valence-corrected chi connectivity index (χ3v) is 7.00. The van der Waals surface area contributed by atoms with E-state index in [0.717, 1.165) is 16.7 Å². The summed E-state index contributed by atoms with van der Waals surface area (Å²) < 4.78 is 21.9. The van der Waals surface area contributed by atoms with E-state index in [0.29, 0.717) is 12.2 Å². The molecule has 192 valence electrons. The van der Waals surface area contributed by atoms with Gasteiger partial charge in [0.15, 0.2) is 29.3 Å². The Morgan fingerprint density at radius 3 is 2.34 bits per heavy atom. The Kier molecular flexibility index (Phi) is 7.70. The summed E-state index contributed by atoms with van der Waals surface area (Å²) >= 11 is 0. The van der Waals surface area contributed by atoms with E-state index in [1.165, 1.54) is 20.3 Å². The van der Waals surface area contributed by atoms with Crippen LogP contribution in [0, 0.1) is 11.8 Å². The van der Waals surface area contributed by atoms with Gasteiger partial charge in [-0.15, -0.1) is 0 Å². The molecule has 1 aliphatic carbocycles. The molecule has 1 heterocycles. The number of benzene rings is 2. The molecule has 4 rings (SSSR count). The molecule has 35 heavy (non-hydrogen) atoms. The van der Waals surface area contributed by atoms with Crippen LogP contribution in [0.2, 0.25) is 0 Å². The van der Waals surface area contributed by atoms with E-state index in [9.17, 15) is 30.6 Å². The van der Waals surface area contributed by atoms with Crippen LogP contribution in [0.25, 0.3) is 0 Å². The second-order valence-corrected chi connectivity index (χ2v) is 9.03. The molecule has 0 saturated carbocycles. The van der Waals surface area contributed by atoms with Gasteiger partial charge in [-0.3, -0.25) is 0 Å². The molecule has 0 unspecified atom stereocenters. The van der Waals surface area contributed by atoms with Crippen molar-refractivity contribution in [2.45, 2.75) is 36.9 Å². The zero-order chi connectivity index (χ0) is 25.3. The molecule has 0 radical (unpaired) electrons. The first-order chi connectivity index (χ1) is 16.8. The molecule has 2 aliphatic rings. The van der Waals surface area contributed by atoms with Crippen molar-refractivity contribution in [1.29, 1.82) is 0 Å². The highest BCUT2D eigenvalue weighted by Gasteiger charge is 2.42. The van der Waals surface area contributed by atoms with Crippen molar-refractivity contribution in [3.05, 3.63) is 47.0 Å². The number of hydrogen-bond acceptors (Lipinski definition) is 10. The minimum absolute atomic E-state index is 0.0253. The molecule has 10 nitrogen and oxygen atoms in total. The van der Waals surface area contributed by atoms with Gasteiger partial charge in [-0.1, -0.05) is 6.07 Å². The highest BCUT2D eigenvalue weighted by Crippen LogP contribution is 2.48. The molecule has 1 saturated heterocycles. The summed E-state index contributed by atoms with van der Waals surface area (Å²) in [6.07, 6.45) is -4.74. The molecule has 1 aliphatic heterocycles. The van der Waals surface area contributed by atoms with Gasteiger partial charge in [-0.2, -0.15) is 0 Å². The van der Waals surface area contributed by atoms with Gasteiger partial charge in [0, 0.05) is 12.5 Å². The van der Waals surface area contributed by atoms with Gasteiger partial charge < -0.3 is 49.6 Å². The van der Waals surface area contributed by atoms with Crippen LogP contribution in [0.15, 0.2) is 30.3 Å². The van der Waals surface area contributed by atoms with Gasteiger partial charge in [0.2, 0.25) is 0 Å². The quantitative estimate of drug-likeness (QED) is 0.321. The van der Waals surface area contributed by atoms with Gasteiger partial charge in [0.05, 0.1) is 27.4 Å². The van der Waals surface area contributed by atoms with Gasteiger partial charge >= 0.3 is 0 Å². The Bertz CT molecular complexity index is 1030. The average Bonchev–Trinajstić information content (AvgIpc) is 2.86. The van der Waals surface area contributed by atoms with E-state index < -0.39 is 30.5 Å². The zero-order valence-electron chi connectivity index (χ0n) is 19.6. The summed E-state index contributed by atoms with van der Waals surface area (Å²) in [7, 11) is 2.91. The smallest absolute Gasteiger partial charge is 0.186 e. The normalized spacial score (nSPS) is 30.5. The Morgan fingerprint density at radius 2 is 1.66 bits per heavy atom. The molecule has 0 bridgehead atoms. The van der Waals surface area contributed by atoms with Crippen LogP contribution in [-0.2, 0) is 15.9 Å². The van der Waals surface area contributed by atoms with Gasteiger partial charge in [0.25, 0.3) is 0 Å². The van der Waals surface area contributed by atoms with Crippen LogP contribution >= 0.6 is 0 Å². The minimum Gasteiger partial charge on any atom is -0.504 e. The first kappa shape index (κ1) is 25.5. The number of aromatic hydroxyl groups is 2. The van der Waals surface area contributed by atoms with Crippen molar-refractivity contribution in [2.75, 3.05) is 34.0 Å². The first-order valence-electron chi connectivity index (χ1n) is 11.4. The van der Waals surface area contributed by atoms with Crippen molar-refractivity contribution < 1.29 is 49.6 Å². The number of phenols is 2. The van der Waals surface area contributed by atoms with Gasteiger partial charge in [0.1, 0.15) is 18.3 Å². The van der Waals surface area contributed by atoms with Crippen molar-refractivity contribution in [2.24, 2.45) is 11.8 Å². The molecular formula is C25H32O10. The van der Waals surface area contributed by atoms with E-state index in [4.69, 9.17) is 18.9 Å². The lowest BCUT2D eigenvalue weighted by molar-refractivity contribution is -0.274. The maximum atomic E-state index is 10.5. The number of hydrogen-bond donors (Lipinski definition) is 6. The number of methoxy groups -OCH3 is 2. The Balaban J connectivity index is 1.73. The number of rotatable bonds is 7.